The largest absolute Gasteiger partial charge is 0.481 e. The number of carboxylic acid groups (broad SMARTS) is 1. The zero-order valence-electron chi connectivity index (χ0n) is 11.8. The molecular formula is C14H27NO2. The highest BCUT2D eigenvalue weighted by molar-refractivity contribution is 5.68. The van der Waals surface area contributed by atoms with Crippen LogP contribution in [0.15, 0.2) is 0 Å². The Labute approximate surface area is 105 Å². The highest BCUT2D eigenvalue weighted by atomic mass is 16.4. The van der Waals surface area contributed by atoms with E-state index in [0.29, 0.717) is 12.5 Å². The third-order valence-corrected chi connectivity index (χ3v) is 4.94. The molecule has 0 aliphatic heterocycles. The Morgan fingerprint density at radius 1 is 1.35 bits per heavy atom. The maximum atomic E-state index is 10.9. The first-order valence-corrected chi connectivity index (χ1v) is 6.50. The second-order valence-corrected chi connectivity index (χ2v) is 7.19. The molecule has 3 N–H and O–H groups in total. The van der Waals surface area contributed by atoms with Crippen LogP contribution < -0.4 is 5.73 Å². The van der Waals surface area contributed by atoms with E-state index in [-0.39, 0.29) is 22.7 Å². The van der Waals surface area contributed by atoms with Crippen molar-refractivity contribution in [3.8, 4) is 0 Å². The SMILES string of the molecule is CC(C)[C@]1(C(C)(C)C)C[C@](CN)(CC(=O)O)C1. The molecule has 1 fully saturated rings. The van der Waals surface area contributed by atoms with E-state index in [1.54, 1.807) is 0 Å². The summed E-state index contributed by atoms with van der Waals surface area (Å²) in [7, 11) is 0. The lowest BCUT2D eigenvalue weighted by molar-refractivity contribution is -0.164. The van der Waals surface area contributed by atoms with Gasteiger partial charge in [0.2, 0.25) is 0 Å². The number of aliphatic carboxylic acids is 1. The van der Waals surface area contributed by atoms with Crippen LogP contribution in [0.2, 0.25) is 0 Å². The van der Waals surface area contributed by atoms with Gasteiger partial charge in [0.25, 0.3) is 0 Å². The Bertz CT molecular complexity index is 296. The molecule has 0 unspecified atom stereocenters. The van der Waals surface area contributed by atoms with Gasteiger partial charge in [0.15, 0.2) is 0 Å². The van der Waals surface area contributed by atoms with Crippen LogP contribution in [0.4, 0.5) is 0 Å². The Balaban J connectivity index is 2.89. The molecule has 0 heterocycles. The van der Waals surface area contributed by atoms with Gasteiger partial charge in [-0.3, -0.25) is 4.79 Å². The first-order valence-electron chi connectivity index (χ1n) is 6.50. The standard InChI is InChI=1S/C14H27NO2/c1-10(2)14(12(3,4)5)7-13(8-14,9-15)6-11(16)17/h10H,6-9,15H2,1-5H3,(H,16,17)/t13-,14+. The molecule has 3 nitrogen and oxygen atoms in total. The molecule has 0 saturated heterocycles. The molecule has 1 aliphatic rings. The van der Waals surface area contributed by atoms with E-state index in [9.17, 15) is 4.79 Å². The Morgan fingerprint density at radius 2 is 1.82 bits per heavy atom. The molecule has 17 heavy (non-hydrogen) atoms. The zero-order chi connectivity index (χ0) is 13.5. The molecular weight excluding hydrogens is 214 g/mol. The highest BCUT2D eigenvalue weighted by Gasteiger charge is 2.60. The average Bonchev–Trinajstić information content (AvgIpc) is 2.07. The van der Waals surface area contributed by atoms with Gasteiger partial charge >= 0.3 is 5.97 Å². The fraction of sp³-hybridized carbons (Fsp3) is 0.929. The van der Waals surface area contributed by atoms with Crippen LogP contribution in [0, 0.1) is 22.2 Å². The van der Waals surface area contributed by atoms with Crippen LogP contribution in [0.25, 0.3) is 0 Å². The van der Waals surface area contributed by atoms with Crippen molar-refractivity contribution in [3.05, 3.63) is 0 Å². The molecule has 1 saturated carbocycles. The van der Waals surface area contributed by atoms with E-state index in [1.807, 2.05) is 0 Å². The lowest BCUT2D eigenvalue weighted by atomic mass is 9.41. The van der Waals surface area contributed by atoms with Crippen LogP contribution in [0.1, 0.15) is 53.9 Å². The number of hydrogen-bond donors (Lipinski definition) is 2. The zero-order valence-corrected chi connectivity index (χ0v) is 11.8. The molecule has 0 spiro atoms. The van der Waals surface area contributed by atoms with Crippen LogP contribution in [0.3, 0.4) is 0 Å². The maximum Gasteiger partial charge on any atom is 0.303 e. The third-order valence-electron chi connectivity index (χ3n) is 4.94. The van der Waals surface area contributed by atoms with Crippen molar-refractivity contribution in [1.29, 1.82) is 0 Å². The molecule has 0 radical (unpaired) electrons. The van der Waals surface area contributed by atoms with E-state index < -0.39 is 5.97 Å². The summed E-state index contributed by atoms with van der Waals surface area (Å²) in [5, 5.41) is 9.00. The van der Waals surface area contributed by atoms with E-state index in [1.165, 1.54) is 0 Å². The highest BCUT2D eigenvalue weighted by Crippen LogP contribution is 2.66. The summed E-state index contributed by atoms with van der Waals surface area (Å²) in [5.41, 5.74) is 6.10. The summed E-state index contributed by atoms with van der Waals surface area (Å²) < 4.78 is 0. The molecule has 100 valence electrons. The van der Waals surface area contributed by atoms with Gasteiger partial charge < -0.3 is 10.8 Å². The van der Waals surface area contributed by atoms with E-state index in [4.69, 9.17) is 10.8 Å². The van der Waals surface area contributed by atoms with Gasteiger partial charge in [-0.25, -0.2) is 0 Å². The lowest BCUT2D eigenvalue weighted by Crippen LogP contribution is -2.59. The van der Waals surface area contributed by atoms with Gasteiger partial charge in [-0.05, 0) is 41.5 Å². The molecule has 0 bridgehead atoms. The van der Waals surface area contributed by atoms with Gasteiger partial charge in [-0.15, -0.1) is 0 Å². The molecule has 1 rings (SSSR count). The fourth-order valence-electron chi connectivity index (χ4n) is 3.75. The first-order chi connectivity index (χ1) is 7.58. The number of nitrogens with two attached hydrogens (primary N) is 1. The number of carboxylic acids is 1. The van der Waals surface area contributed by atoms with Gasteiger partial charge in [0.1, 0.15) is 0 Å². The molecule has 0 atom stereocenters. The van der Waals surface area contributed by atoms with Crippen LogP contribution in [-0.4, -0.2) is 17.6 Å². The Morgan fingerprint density at radius 3 is 2.06 bits per heavy atom. The molecule has 3 heteroatoms. The average molecular weight is 241 g/mol. The Hall–Kier alpha value is -0.570. The van der Waals surface area contributed by atoms with Crippen LogP contribution in [-0.2, 0) is 4.79 Å². The van der Waals surface area contributed by atoms with E-state index >= 15 is 0 Å². The normalized spacial score (nSPS) is 33.6. The Kier molecular flexibility index (Phi) is 3.64. The molecule has 0 aromatic heterocycles. The summed E-state index contributed by atoms with van der Waals surface area (Å²) in [4.78, 5) is 10.9. The maximum absolute atomic E-state index is 10.9. The van der Waals surface area contributed by atoms with Crippen molar-refractivity contribution in [1.82, 2.24) is 0 Å². The van der Waals surface area contributed by atoms with Crippen molar-refractivity contribution < 1.29 is 9.90 Å². The number of rotatable bonds is 4. The second kappa shape index (κ2) is 4.27. The van der Waals surface area contributed by atoms with Crippen molar-refractivity contribution >= 4 is 5.97 Å². The minimum Gasteiger partial charge on any atom is -0.481 e. The van der Waals surface area contributed by atoms with Crippen molar-refractivity contribution in [2.24, 2.45) is 27.9 Å². The monoisotopic (exact) mass is 241 g/mol. The minimum absolute atomic E-state index is 0.163. The van der Waals surface area contributed by atoms with Gasteiger partial charge in [0, 0.05) is 0 Å². The van der Waals surface area contributed by atoms with Crippen molar-refractivity contribution in [2.45, 2.75) is 53.9 Å². The second-order valence-electron chi connectivity index (χ2n) is 7.19. The fourth-order valence-corrected chi connectivity index (χ4v) is 3.75. The summed E-state index contributed by atoms with van der Waals surface area (Å²) in [6, 6.07) is 0. The summed E-state index contributed by atoms with van der Waals surface area (Å²) in [6.07, 6.45) is 2.11. The van der Waals surface area contributed by atoms with Gasteiger partial charge in [-0.1, -0.05) is 34.6 Å². The van der Waals surface area contributed by atoms with E-state index in [0.717, 1.165) is 12.8 Å². The lowest BCUT2D eigenvalue weighted by Gasteiger charge is -2.64. The number of carbonyl (C=O) groups is 1. The van der Waals surface area contributed by atoms with Gasteiger partial charge in [0.05, 0.1) is 6.42 Å². The van der Waals surface area contributed by atoms with Crippen molar-refractivity contribution in [2.75, 3.05) is 6.54 Å². The summed E-state index contributed by atoms with van der Waals surface area (Å²) in [6.45, 7) is 11.7. The third kappa shape index (κ3) is 2.35. The topological polar surface area (TPSA) is 63.3 Å². The van der Waals surface area contributed by atoms with Crippen molar-refractivity contribution in [3.63, 3.8) is 0 Å². The first kappa shape index (κ1) is 14.5. The van der Waals surface area contributed by atoms with Crippen LogP contribution in [0.5, 0.6) is 0 Å². The van der Waals surface area contributed by atoms with Crippen LogP contribution >= 0.6 is 0 Å². The molecule has 0 aromatic carbocycles. The quantitative estimate of drug-likeness (QED) is 0.795. The predicted molar refractivity (Wildman–Crippen MR) is 69.7 cm³/mol. The smallest absolute Gasteiger partial charge is 0.303 e. The van der Waals surface area contributed by atoms with Gasteiger partial charge in [-0.2, -0.15) is 0 Å². The molecule has 0 aromatic rings. The predicted octanol–water partition coefficient (Wildman–Crippen LogP) is 2.89. The minimum atomic E-state index is -0.721. The number of hydrogen-bond acceptors (Lipinski definition) is 2. The summed E-state index contributed by atoms with van der Waals surface area (Å²) >= 11 is 0. The van der Waals surface area contributed by atoms with E-state index in [2.05, 4.69) is 34.6 Å². The molecule has 0 amide bonds. The summed E-state index contributed by atoms with van der Waals surface area (Å²) in [5.74, 6) is -0.155. The molecule has 1 aliphatic carbocycles.